The number of halogens is 1. The Morgan fingerprint density at radius 2 is 2.33 bits per heavy atom. The van der Waals surface area contributed by atoms with Crippen LogP contribution in [-0.4, -0.2) is 26.5 Å². The topological polar surface area (TPSA) is 55.6 Å². The molecule has 2 aromatic rings. The standard InChI is InChI=1S/C12H14FN5/c13-5-9-1-2-10(15-6-9)8-18-12-3-4-14-7-11(12)16-17-18/h1-2,6,14H,3-5,7-8H2. The number of nitrogens with one attached hydrogen (secondary N) is 1. The van der Waals surface area contributed by atoms with E-state index in [1.165, 1.54) is 5.69 Å². The van der Waals surface area contributed by atoms with Gasteiger partial charge in [0.05, 0.1) is 23.6 Å². The molecule has 0 unspecified atom stereocenters. The quantitative estimate of drug-likeness (QED) is 0.873. The number of aromatic nitrogens is 4. The van der Waals surface area contributed by atoms with Crippen LogP contribution in [0.15, 0.2) is 18.3 Å². The highest BCUT2D eigenvalue weighted by atomic mass is 19.1. The first kappa shape index (κ1) is 11.3. The van der Waals surface area contributed by atoms with Crippen LogP contribution in [0, 0.1) is 0 Å². The lowest BCUT2D eigenvalue weighted by atomic mass is 10.2. The SMILES string of the molecule is FCc1ccc(Cn2nnc3c2CCNC3)nc1. The second-order valence-corrected chi connectivity index (χ2v) is 4.36. The van der Waals surface area contributed by atoms with Crippen molar-refractivity contribution in [1.29, 1.82) is 0 Å². The molecule has 0 aliphatic carbocycles. The highest BCUT2D eigenvalue weighted by Gasteiger charge is 2.16. The van der Waals surface area contributed by atoms with Gasteiger partial charge in [0.1, 0.15) is 6.67 Å². The molecule has 0 spiro atoms. The molecule has 0 radical (unpaired) electrons. The lowest BCUT2D eigenvalue weighted by Crippen LogP contribution is -2.25. The van der Waals surface area contributed by atoms with Gasteiger partial charge in [-0.3, -0.25) is 4.98 Å². The van der Waals surface area contributed by atoms with Gasteiger partial charge in [0, 0.05) is 31.3 Å². The van der Waals surface area contributed by atoms with Gasteiger partial charge in [-0.2, -0.15) is 0 Å². The number of alkyl halides is 1. The highest BCUT2D eigenvalue weighted by molar-refractivity contribution is 5.17. The van der Waals surface area contributed by atoms with Crippen molar-refractivity contribution >= 4 is 0 Å². The molecule has 0 bridgehead atoms. The van der Waals surface area contributed by atoms with Crippen molar-refractivity contribution in [3.8, 4) is 0 Å². The maximum absolute atomic E-state index is 12.4. The third-order valence-electron chi connectivity index (χ3n) is 3.10. The summed E-state index contributed by atoms with van der Waals surface area (Å²) in [5, 5.41) is 11.6. The van der Waals surface area contributed by atoms with Gasteiger partial charge in [-0.15, -0.1) is 5.10 Å². The minimum absolute atomic E-state index is 0.475. The Morgan fingerprint density at radius 1 is 1.39 bits per heavy atom. The van der Waals surface area contributed by atoms with Crippen LogP contribution in [0.5, 0.6) is 0 Å². The van der Waals surface area contributed by atoms with Crippen molar-refractivity contribution in [2.75, 3.05) is 6.54 Å². The molecule has 1 N–H and O–H groups in total. The van der Waals surface area contributed by atoms with Crippen molar-refractivity contribution in [2.45, 2.75) is 26.2 Å². The molecular weight excluding hydrogens is 233 g/mol. The monoisotopic (exact) mass is 247 g/mol. The summed E-state index contributed by atoms with van der Waals surface area (Å²) in [6.07, 6.45) is 2.51. The van der Waals surface area contributed by atoms with Crippen molar-refractivity contribution in [3.05, 3.63) is 41.0 Å². The molecule has 0 saturated heterocycles. The van der Waals surface area contributed by atoms with Crippen LogP contribution in [-0.2, 0) is 26.2 Å². The average molecular weight is 247 g/mol. The Kier molecular flexibility index (Phi) is 3.02. The fourth-order valence-corrected chi connectivity index (χ4v) is 2.10. The summed E-state index contributed by atoms with van der Waals surface area (Å²) in [6, 6.07) is 3.59. The molecule has 1 aliphatic rings. The van der Waals surface area contributed by atoms with Gasteiger partial charge < -0.3 is 5.32 Å². The minimum atomic E-state index is -0.475. The van der Waals surface area contributed by atoms with E-state index in [1.54, 1.807) is 12.3 Å². The number of rotatable bonds is 3. The number of fused-ring (bicyclic) bond motifs is 1. The zero-order valence-corrected chi connectivity index (χ0v) is 9.93. The van der Waals surface area contributed by atoms with E-state index in [0.717, 1.165) is 30.9 Å². The molecule has 0 amide bonds. The maximum Gasteiger partial charge on any atom is 0.116 e. The second-order valence-electron chi connectivity index (χ2n) is 4.36. The van der Waals surface area contributed by atoms with E-state index >= 15 is 0 Å². The first-order valence-electron chi connectivity index (χ1n) is 5.98. The fraction of sp³-hybridized carbons (Fsp3) is 0.417. The van der Waals surface area contributed by atoms with Gasteiger partial charge in [-0.1, -0.05) is 11.3 Å². The number of hydrogen-bond acceptors (Lipinski definition) is 4. The van der Waals surface area contributed by atoms with E-state index in [0.29, 0.717) is 12.1 Å². The Balaban J connectivity index is 1.81. The number of hydrogen-bond donors (Lipinski definition) is 1. The molecule has 3 heterocycles. The molecule has 0 atom stereocenters. The van der Waals surface area contributed by atoms with Crippen LogP contribution in [0.1, 0.15) is 22.6 Å². The average Bonchev–Trinajstić information content (AvgIpc) is 2.83. The molecule has 1 aliphatic heterocycles. The zero-order chi connectivity index (χ0) is 12.4. The minimum Gasteiger partial charge on any atom is -0.311 e. The smallest absolute Gasteiger partial charge is 0.116 e. The van der Waals surface area contributed by atoms with E-state index in [1.807, 2.05) is 10.7 Å². The van der Waals surface area contributed by atoms with E-state index in [9.17, 15) is 4.39 Å². The van der Waals surface area contributed by atoms with E-state index < -0.39 is 6.67 Å². The van der Waals surface area contributed by atoms with Gasteiger partial charge in [-0.25, -0.2) is 9.07 Å². The van der Waals surface area contributed by atoms with Gasteiger partial charge in [0.25, 0.3) is 0 Å². The summed E-state index contributed by atoms with van der Waals surface area (Å²) in [7, 11) is 0. The van der Waals surface area contributed by atoms with Crippen LogP contribution in [0.3, 0.4) is 0 Å². The third-order valence-corrected chi connectivity index (χ3v) is 3.10. The summed E-state index contributed by atoms with van der Waals surface area (Å²) in [5.74, 6) is 0. The molecule has 2 aromatic heterocycles. The van der Waals surface area contributed by atoms with E-state index in [4.69, 9.17) is 0 Å². The Bertz CT molecular complexity index is 534. The van der Waals surface area contributed by atoms with Gasteiger partial charge in [-0.05, 0) is 6.07 Å². The second kappa shape index (κ2) is 4.81. The number of nitrogens with zero attached hydrogens (tertiary/aromatic N) is 4. The van der Waals surface area contributed by atoms with Crippen molar-refractivity contribution in [3.63, 3.8) is 0 Å². The summed E-state index contributed by atoms with van der Waals surface area (Å²) >= 11 is 0. The lowest BCUT2D eigenvalue weighted by molar-refractivity contribution is 0.483. The summed E-state index contributed by atoms with van der Waals surface area (Å²) < 4.78 is 14.3. The molecule has 3 rings (SSSR count). The largest absolute Gasteiger partial charge is 0.311 e. The van der Waals surface area contributed by atoms with Crippen LogP contribution >= 0.6 is 0 Å². The zero-order valence-electron chi connectivity index (χ0n) is 9.93. The van der Waals surface area contributed by atoms with Crippen LogP contribution in [0.25, 0.3) is 0 Å². The molecule has 5 nitrogen and oxygen atoms in total. The first-order chi connectivity index (χ1) is 8.86. The van der Waals surface area contributed by atoms with Crippen LogP contribution in [0.2, 0.25) is 0 Å². The first-order valence-corrected chi connectivity index (χ1v) is 5.98. The normalized spacial score (nSPS) is 14.5. The molecule has 6 heteroatoms. The van der Waals surface area contributed by atoms with Crippen LogP contribution in [0.4, 0.5) is 4.39 Å². The Morgan fingerprint density at radius 3 is 3.11 bits per heavy atom. The van der Waals surface area contributed by atoms with Gasteiger partial charge in [0.2, 0.25) is 0 Å². The number of pyridine rings is 1. The van der Waals surface area contributed by atoms with Gasteiger partial charge in [0.15, 0.2) is 0 Å². The summed E-state index contributed by atoms with van der Waals surface area (Å²) in [4.78, 5) is 4.23. The molecular formula is C12H14FN5. The molecule has 18 heavy (non-hydrogen) atoms. The molecule has 0 saturated carbocycles. The van der Waals surface area contributed by atoms with Crippen molar-refractivity contribution in [1.82, 2.24) is 25.3 Å². The molecule has 0 fully saturated rings. The maximum atomic E-state index is 12.4. The highest BCUT2D eigenvalue weighted by Crippen LogP contribution is 2.12. The Labute approximate surface area is 104 Å². The van der Waals surface area contributed by atoms with E-state index in [-0.39, 0.29) is 0 Å². The van der Waals surface area contributed by atoms with Crippen LogP contribution < -0.4 is 5.32 Å². The lowest BCUT2D eigenvalue weighted by Gasteiger charge is -2.13. The predicted molar refractivity (Wildman–Crippen MR) is 63.6 cm³/mol. The van der Waals surface area contributed by atoms with Crippen molar-refractivity contribution in [2.24, 2.45) is 0 Å². The van der Waals surface area contributed by atoms with Crippen molar-refractivity contribution < 1.29 is 4.39 Å². The summed E-state index contributed by atoms with van der Waals surface area (Å²) in [6.45, 7) is 1.85. The fourth-order valence-electron chi connectivity index (χ4n) is 2.10. The predicted octanol–water partition coefficient (Wildman–Crippen LogP) is 0.837. The Hall–Kier alpha value is -1.82. The van der Waals surface area contributed by atoms with E-state index in [2.05, 4.69) is 20.6 Å². The molecule has 0 aromatic carbocycles. The molecule has 94 valence electrons. The third kappa shape index (κ3) is 2.11. The van der Waals surface area contributed by atoms with Gasteiger partial charge >= 0.3 is 0 Å². The summed E-state index contributed by atoms with van der Waals surface area (Å²) in [5.41, 5.74) is 3.66.